The summed E-state index contributed by atoms with van der Waals surface area (Å²) in [5, 5.41) is 10.3. The molecule has 0 bridgehead atoms. The summed E-state index contributed by atoms with van der Waals surface area (Å²) in [7, 11) is 0. The van der Waals surface area contributed by atoms with Crippen LogP contribution in [0.1, 0.15) is 20.7 Å². The van der Waals surface area contributed by atoms with E-state index in [1.54, 1.807) is 28.9 Å². The fraction of sp³-hybridized carbons (Fsp3) is 0.0769. The van der Waals surface area contributed by atoms with Gasteiger partial charge < -0.3 is 20.7 Å². The molecule has 20 heavy (non-hydrogen) atoms. The lowest BCUT2D eigenvalue weighted by molar-refractivity contribution is 0.0697. The second-order valence-corrected chi connectivity index (χ2v) is 5.22. The van der Waals surface area contributed by atoms with Gasteiger partial charge in [-0.25, -0.2) is 4.79 Å². The summed E-state index contributed by atoms with van der Waals surface area (Å²) in [6.07, 6.45) is 1.77. The third kappa shape index (κ3) is 1.83. The predicted octanol–water partition coefficient (Wildman–Crippen LogP) is 2.01. The highest BCUT2D eigenvalue weighted by atomic mass is 32.2. The van der Waals surface area contributed by atoms with Gasteiger partial charge in [0.1, 0.15) is 0 Å². The van der Waals surface area contributed by atoms with Crippen molar-refractivity contribution in [1.29, 1.82) is 0 Å². The van der Waals surface area contributed by atoms with Gasteiger partial charge in [0.05, 0.1) is 33.4 Å². The average molecular weight is 289 g/mol. The van der Waals surface area contributed by atoms with E-state index in [2.05, 4.69) is 4.98 Å². The van der Waals surface area contributed by atoms with Crippen molar-refractivity contribution in [2.75, 3.05) is 10.8 Å². The Morgan fingerprint density at radius 3 is 2.75 bits per heavy atom. The van der Waals surface area contributed by atoms with Crippen LogP contribution in [0.4, 0.5) is 11.4 Å². The number of fused-ring (bicyclic) bond motifs is 1. The number of aromatic nitrogens is 1. The SMILES string of the molecule is NC(=O)c1cccc(C(=O)O)c1N1CSc2[nH]ccc21. The summed E-state index contributed by atoms with van der Waals surface area (Å²) < 4.78 is 0. The van der Waals surface area contributed by atoms with Crippen LogP contribution in [0.25, 0.3) is 0 Å². The van der Waals surface area contributed by atoms with Crippen molar-refractivity contribution in [1.82, 2.24) is 4.98 Å². The lowest BCUT2D eigenvalue weighted by Crippen LogP contribution is -2.22. The largest absolute Gasteiger partial charge is 0.478 e. The summed E-state index contributed by atoms with van der Waals surface area (Å²) in [6, 6.07) is 6.38. The number of benzene rings is 1. The maximum atomic E-state index is 11.6. The number of nitrogens with two attached hydrogens (primary N) is 1. The van der Waals surface area contributed by atoms with E-state index in [1.165, 1.54) is 12.1 Å². The first-order valence-corrected chi connectivity index (χ1v) is 6.82. The van der Waals surface area contributed by atoms with Gasteiger partial charge in [-0.05, 0) is 18.2 Å². The summed E-state index contributed by atoms with van der Waals surface area (Å²) >= 11 is 1.54. The first-order chi connectivity index (χ1) is 9.59. The maximum absolute atomic E-state index is 11.6. The van der Waals surface area contributed by atoms with Gasteiger partial charge in [-0.15, -0.1) is 0 Å². The molecule has 102 valence electrons. The molecule has 4 N–H and O–H groups in total. The number of amides is 1. The number of aromatic amines is 1. The number of aromatic carboxylic acids is 1. The number of hydrogen-bond acceptors (Lipinski definition) is 4. The summed E-state index contributed by atoms with van der Waals surface area (Å²) in [5.41, 5.74) is 6.85. The molecule has 0 saturated heterocycles. The van der Waals surface area contributed by atoms with Crippen LogP contribution >= 0.6 is 11.8 Å². The molecular weight excluding hydrogens is 278 g/mol. The minimum Gasteiger partial charge on any atom is -0.478 e. The molecule has 1 amide bonds. The fourth-order valence-corrected chi connectivity index (χ4v) is 3.27. The zero-order valence-electron chi connectivity index (χ0n) is 10.3. The smallest absolute Gasteiger partial charge is 0.337 e. The van der Waals surface area contributed by atoms with Crippen LogP contribution in [0.3, 0.4) is 0 Å². The Balaban J connectivity index is 2.22. The van der Waals surface area contributed by atoms with E-state index in [4.69, 9.17) is 5.73 Å². The van der Waals surface area contributed by atoms with Gasteiger partial charge in [-0.2, -0.15) is 0 Å². The standard InChI is InChI=1S/C13H11N3O3S/c14-11(17)7-2-1-3-8(13(18)19)10(7)16-6-20-12-9(16)4-5-15-12/h1-5,15H,6H2,(H2,14,17)(H,18,19). The molecule has 6 nitrogen and oxygen atoms in total. The highest BCUT2D eigenvalue weighted by Crippen LogP contribution is 2.44. The number of carbonyl (C=O) groups excluding carboxylic acids is 1. The molecule has 1 aliphatic heterocycles. The Labute approximate surface area is 118 Å². The molecule has 0 atom stereocenters. The number of para-hydroxylation sites is 1. The van der Waals surface area contributed by atoms with Crippen molar-refractivity contribution in [2.45, 2.75) is 5.03 Å². The predicted molar refractivity (Wildman–Crippen MR) is 75.6 cm³/mol. The first kappa shape index (κ1) is 12.6. The van der Waals surface area contributed by atoms with Crippen LogP contribution < -0.4 is 10.6 Å². The van der Waals surface area contributed by atoms with E-state index < -0.39 is 11.9 Å². The van der Waals surface area contributed by atoms with Crippen molar-refractivity contribution < 1.29 is 14.7 Å². The number of carbonyl (C=O) groups is 2. The Kier molecular flexibility index (Phi) is 2.90. The molecule has 1 aromatic carbocycles. The van der Waals surface area contributed by atoms with Gasteiger partial charge in [0, 0.05) is 6.20 Å². The van der Waals surface area contributed by atoms with Crippen molar-refractivity contribution in [2.24, 2.45) is 5.73 Å². The number of anilines is 2. The fourth-order valence-electron chi connectivity index (χ4n) is 2.26. The molecule has 0 aliphatic carbocycles. The summed E-state index contributed by atoms with van der Waals surface area (Å²) in [6.45, 7) is 0. The lowest BCUT2D eigenvalue weighted by Gasteiger charge is -2.22. The van der Waals surface area contributed by atoms with Crippen LogP contribution in [0.2, 0.25) is 0 Å². The van der Waals surface area contributed by atoms with Gasteiger partial charge in [0.2, 0.25) is 0 Å². The van der Waals surface area contributed by atoms with Crippen molar-refractivity contribution in [3.8, 4) is 0 Å². The van der Waals surface area contributed by atoms with E-state index in [9.17, 15) is 14.7 Å². The van der Waals surface area contributed by atoms with Gasteiger partial charge >= 0.3 is 5.97 Å². The van der Waals surface area contributed by atoms with Gasteiger partial charge in [0.25, 0.3) is 5.91 Å². The first-order valence-electron chi connectivity index (χ1n) is 5.83. The molecule has 7 heteroatoms. The number of rotatable bonds is 3. The number of hydrogen-bond donors (Lipinski definition) is 3. The normalized spacial score (nSPS) is 13.3. The van der Waals surface area contributed by atoms with Gasteiger partial charge in [-0.3, -0.25) is 4.79 Å². The third-order valence-electron chi connectivity index (χ3n) is 3.12. The summed E-state index contributed by atoms with van der Waals surface area (Å²) in [5.74, 6) is -1.19. The number of H-pyrrole nitrogens is 1. The molecule has 2 aromatic rings. The molecule has 0 saturated carbocycles. The van der Waals surface area contributed by atoms with E-state index in [-0.39, 0.29) is 11.1 Å². The maximum Gasteiger partial charge on any atom is 0.337 e. The Morgan fingerprint density at radius 2 is 2.05 bits per heavy atom. The third-order valence-corrected chi connectivity index (χ3v) is 4.12. The second kappa shape index (κ2) is 4.61. The Morgan fingerprint density at radius 1 is 1.30 bits per heavy atom. The van der Waals surface area contributed by atoms with Crippen LogP contribution in [0, 0.1) is 0 Å². The number of thioether (sulfide) groups is 1. The molecular formula is C13H11N3O3S. The molecule has 0 fully saturated rings. The van der Waals surface area contributed by atoms with Crippen LogP contribution in [0.15, 0.2) is 35.5 Å². The van der Waals surface area contributed by atoms with E-state index in [0.29, 0.717) is 11.6 Å². The second-order valence-electron chi connectivity index (χ2n) is 4.26. The Hall–Kier alpha value is -2.41. The molecule has 2 heterocycles. The Bertz CT molecular complexity index is 678. The summed E-state index contributed by atoms with van der Waals surface area (Å²) in [4.78, 5) is 27.9. The lowest BCUT2D eigenvalue weighted by atomic mass is 10.0. The van der Waals surface area contributed by atoms with E-state index >= 15 is 0 Å². The van der Waals surface area contributed by atoms with Gasteiger partial charge in [0.15, 0.2) is 0 Å². The van der Waals surface area contributed by atoms with Crippen molar-refractivity contribution in [3.63, 3.8) is 0 Å². The highest BCUT2D eigenvalue weighted by Gasteiger charge is 2.29. The van der Waals surface area contributed by atoms with Crippen molar-refractivity contribution in [3.05, 3.63) is 41.6 Å². The molecule has 0 spiro atoms. The molecule has 0 radical (unpaired) electrons. The number of nitrogens with one attached hydrogen (secondary N) is 1. The number of carboxylic acids is 1. The zero-order valence-corrected chi connectivity index (χ0v) is 11.1. The van der Waals surface area contributed by atoms with E-state index in [1.807, 2.05) is 6.07 Å². The zero-order chi connectivity index (χ0) is 14.3. The number of nitrogens with zero attached hydrogens (tertiary/aromatic N) is 1. The van der Waals surface area contributed by atoms with Crippen LogP contribution in [0.5, 0.6) is 0 Å². The molecule has 3 rings (SSSR count). The minimum atomic E-state index is -1.09. The monoisotopic (exact) mass is 289 g/mol. The van der Waals surface area contributed by atoms with Crippen LogP contribution in [-0.2, 0) is 0 Å². The average Bonchev–Trinajstić information content (AvgIpc) is 2.99. The van der Waals surface area contributed by atoms with Gasteiger partial charge in [-0.1, -0.05) is 17.8 Å². The number of carboxylic acid groups (broad SMARTS) is 1. The quantitative estimate of drug-likeness (QED) is 0.802. The molecule has 0 unspecified atom stereocenters. The molecule has 1 aliphatic rings. The van der Waals surface area contributed by atoms with Crippen LogP contribution in [-0.4, -0.2) is 27.8 Å². The topological polar surface area (TPSA) is 99.4 Å². The highest BCUT2D eigenvalue weighted by molar-refractivity contribution is 7.99. The minimum absolute atomic E-state index is 0.0657. The molecule has 1 aromatic heterocycles. The van der Waals surface area contributed by atoms with E-state index in [0.717, 1.165) is 10.7 Å². The van der Waals surface area contributed by atoms with Crippen molar-refractivity contribution >= 4 is 35.0 Å². The number of primary amides is 1.